The molecule has 0 aliphatic carbocycles. The van der Waals surface area contributed by atoms with Crippen molar-refractivity contribution in [1.29, 1.82) is 0 Å². The van der Waals surface area contributed by atoms with Crippen LogP contribution in [0.2, 0.25) is 0 Å². The summed E-state index contributed by atoms with van der Waals surface area (Å²) in [6, 6.07) is 15.5. The van der Waals surface area contributed by atoms with Gasteiger partial charge in [-0.15, -0.1) is 0 Å². The van der Waals surface area contributed by atoms with Gasteiger partial charge in [-0.25, -0.2) is 9.07 Å². The summed E-state index contributed by atoms with van der Waals surface area (Å²) in [6.07, 6.45) is 0.934. The van der Waals surface area contributed by atoms with Gasteiger partial charge in [0.05, 0.1) is 18.0 Å². The molecular weight excluding hydrogens is 345 g/mol. The van der Waals surface area contributed by atoms with Crippen molar-refractivity contribution in [1.82, 2.24) is 9.78 Å². The quantitative estimate of drug-likeness (QED) is 0.629. The molecule has 0 aliphatic rings. The first-order valence-electron chi connectivity index (χ1n) is 8.84. The van der Waals surface area contributed by atoms with E-state index < -0.39 is 0 Å². The van der Waals surface area contributed by atoms with Crippen molar-refractivity contribution < 1.29 is 13.9 Å². The van der Waals surface area contributed by atoms with Crippen molar-refractivity contribution in [2.45, 2.75) is 26.7 Å². The molecule has 0 saturated heterocycles. The second kappa shape index (κ2) is 8.49. The SMILES string of the molecule is Cc1cc(NC(=O)CCCOc2ccccc2C)n(-c2ccc(F)cc2)n1. The molecule has 5 nitrogen and oxygen atoms in total. The summed E-state index contributed by atoms with van der Waals surface area (Å²) in [5, 5.41) is 7.23. The number of benzene rings is 2. The highest BCUT2D eigenvalue weighted by molar-refractivity contribution is 5.90. The smallest absolute Gasteiger partial charge is 0.225 e. The van der Waals surface area contributed by atoms with Crippen molar-refractivity contribution >= 4 is 11.7 Å². The minimum atomic E-state index is -0.318. The summed E-state index contributed by atoms with van der Waals surface area (Å²) in [4.78, 5) is 12.3. The van der Waals surface area contributed by atoms with Crippen LogP contribution >= 0.6 is 0 Å². The summed E-state index contributed by atoms with van der Waals surface area (Å²) < 4.78 is 20.4. The monoisotopic (exact) mass is 367 g/mol. The number of carbonyl (C=O) groups excluding carboxylic acids is 1. The Hall–Kier alpha value is -3.15. The zero-order chi connectivity index (χ0) is 19.2. The second-order valence-corrected chi connectivity index (χ2v) is 6.32. The number of aromatic nitrogens is 2. The molecule has 0 radical (unpaired) electrons. The van der Waals surface area contributed by atoms with Gasteiger partial charge < -0.3 is 10.1 Å². The molecule has 0 spiro atoms. The third kappa shape index (κ3) is 4.94. The van der Waals surface area contributed by atoms with E-state index in [-0.39, 0.29) is 11.7 Å². The molecule has 0 saturated carbocycles. The summed E-state index contributed by atoms with van der Waals surface area (Å²) >= 11 is 0. The number of ether oxygens (including phenoxy) is 1. The van der Waals surface area contributed by atoms with E-state index in [1.165, 1.54) is 12.1 Å². The van der Waals surface area contributed by atoms with Crippen LogP contribution in [0.25, 0.3) is 5.69 Å². The fourth-order valence-electron chi connectivity index (χ4n) is 2.71. The zero-order valence-corrected chi connectivity index (χ0v) is 15.4. The number of para-hydroxylation sites is 1. The van der Waals surface area contributed by atoms with Gasteiger partial charge in [0, 0.05) is 12.5 Å². The van der Waals surface area contributed by atoms with Crippen molar-refractivity contribution in [2.75, 3.05) is 11.9 Å². The summed E-state index contributed by atoms with van der Waals surface area (Å²) in [6.45, 7) is 4.29. The summed E-state index contributed by atoms with van der Waals surface area (Å²) in [5.74, 6) is 0.959. The van der Waals surface area contributed by atoms with Gasteiger partial charge in [0.25, 0.3) is 0 Å². The third-order valence-corrected chi connectivity index (χ3v) is 4.07. The molecule has 1 heterocycles. The fraction of sp³-hybridized carbons (Fsp3) is 0.238. The van der Waals surface area contributed by atoms with E-state index in [2.05, 4.69) is 10.4 Å². The molecular formula is C21H22FN3O2. The predicted octanol–water partition coefficient (Wildman–Crippen LogP) is 4.43. The average molecular weight is 367 g/mol. The Morgan fingerprint density at radius 3 is 2.63 bits per heavy atom. The number of nitrogens with zero attached hydrogens (tertiary/aromatic N) is 2. The maximum absolute atomic E-state index is 13.1. The number of hydrogen-bond donors (Lipinski definition) is 1. The van der Waals surface area contributed by atoms with Crippen LogP contribution in [-0.4, -0.2) is 22.3 Å². The second-order valence-electron chi connectivity index (χ2n) is 6.32. The lowest BCUT2D eigenvalue weighted by atomic mass is 10.2. The minimum absolute atomic E-state index is 0.119. The molecule has 1 N–H and O–H groups in total. The molecule has 140 valence electrons. The molecule has 0 aliphatic heterocycles. The standard InChI is InChI=1S/C21H22FN3O2/c1-15-6-3-4-7-19(15)27-13-5-8-21(26)23-20-14-16(2)24-25(20)18-11-9-17(22)10-12-18/h3-4,6-7,9-12,14H,5,8,13H2,1-2H3,(H,23,26). The van der Waals surface area contributed by atoms with E-state index >= 15 is 0 Å². The average Bonchev–Trinajstić information content (AvgIpc) is 3.01. The Morgan fingerprint density at radius 2 is 1.89 bits per heavy atom. The van der Waals surface area contributed by atoms with E-state index in [1.807, 2.05) is 38.1 Å². The first-order valence-corrected chi connectivity index (χ1v) is 8.84. The lowest BCUT2D eigenvalue weighted by Gasteiger charge is -2.10. The van der Waals surface area contributed by atoms with Gasteiger partial charge in [0.15, 0.2) is 0 Å². The molecule has 2 aromatic carbocycles. The molecule has 3 aromatic rings. The normalized spacial score (nSPS) is 10.6. The van der Waals surface area contributed by atoms with Crippen LogP contribution in [0.5, 0.6) is 5.75 Å². The first-order chi connectivity index (χ1) is 13.0. The molecule has 0 atom stereocenters. The number of amides is 1. The van der Waals surface area contributed by atoms with Crippen LogP contribution in [0.4, 0.5) is 10.2 Å². The van der Waals surface area contributed by atoms with Gasteiger partial charge in [-0.1, -0.05) is 18.2 Å². The van der Waals surface area contributed by atoms with Gasteiger partial charge in [0.1, 0.15) is 17.4 Å². The van der Waals surface area contributed by atoms with E-state index in [0.717, 1.165) is 17.0 Å². The topological polar surface area (TPSA) is 56.1 Å². The van der Waals surface area contributed by atoms with Crippen LogP contribution in [0.3, 0.4) is 0 Å². The van der Waals surface area contributed by atoms with Crippen LogP contribution in [0, 0.1) is 19.7 Å². The van der Waals surface area contributed by atoms with Gasteiger partial charge in [-0.05, 0) is 56.2 Å². The minimum Gasteiger partial charge on any atom is -0.493 e. The Kier molecular flexibility index (Phi) is 5.86. The van der Waals surface area contributed by atoms with Gasteiger partial charge in [-0.3, -0.25) is 4.79 Å². The fourth-order valence-corrected chi connectivity index (χ4v) is 2.71. The lowest BCUT2D eigenvalue weighted by Crippen LogP contribution is -2.15. The predicted molar refractivity (Wildman–Crippen MR) is 103 cm³/mol. The van der Waals surface area contributed by atoms with Crippen LogP contribution in [-0.2, 0) is 4.79 Å². The van der Waals surface area contributed by atoms with Crippen molar-refractivity contribution in [3.05, 3.63) is 71.7 Å². The highest BCUT2D eigenvalue weighted by Crippen LogP contribution is 2.19. The number of halogens is 1. The summed E-state index contributed by atoms with van der Waals surface area (Å²) in [5.41, 5.74) is 2.51. The third-order valence-electron chi connectivity index (χ3n) is 4.07. The van der Waals surface area contributed by atoms with E-state index in [1.54, 1.807) is 22.9 Å². The van der Waals surface area contributed by atoms with Crippen molar-refractivity contribution in [2.24, 2.45) is 0 Å². The Balaban J connectivity index is 1.55. The highest BCUT2D eigenvalue weighted by atomic mass is 19.1. The largest absolute Gasteiger partial charge is 0.493 e. The molecule has 1 amide bonds. The molecule has 27 heavy (non-hydrogen) atoms. The maximum Gasteiger partial charge on any atom is 0.225 e. The number of hydrogen-bond acceptors (Lipinski definition) is 3. The number of carbonyl (C=O) groups is 1. The first kappa shape index (κ1) is 18.6. The zero-order valence-electron chi connectivity index (χ0n) is 15.4. The number of rotatable bonds is 7. The Morgan fingerprint density at radius 1 is 1.15 bits per heavy atom. The van der Waals surface area contributed by atoms with Crippen LogP contribution < -0.4 is 10.1 Å². The van der Waals surface area contributed by atoms with E-state index in [4.69, 9.17) is 4.74 Å². The molecule has 3 rings (SSSR count). The Labute approximate surface area is 157 Å². The van der Waals surface area contributed by atoms with E-state index in [9.17, 15) is 9.18 Å². The molecule has 0 fully saturated rings. The Bertz CT molecular complexity index is 919. The van der Waals surface area contributed by atoms with E-state index in [0.29, 0.717) is 31.0 Å². The lowest BCUT2D eigenvalue weighted by molar-refractivity contribution is -0.116. The molecule has 0 bridgehead atoms. The van der Waals surface area contributed by atoms with Gasteiger partial charge >= 0.3 is 0 Å². The van der Waals surface area contributed by atoms with Gasteiger partial charge in [0.2, 0.25) is 5.91 Å². The van der Waals surface area contributed by atoms with Crippen molar-refractivity contribution in [3.8, 4) is 11.4 Å². The highest BCUT2D eigenvalue weighted by Gasteiger charge is 2.11. The molecule has 0 unspecified atom stereocenters. The summed E-state index contributed by atoms with van der Waals surface area (Å²) in [7, 11) is 0. The number of anilines is 1. The maximum atomic E-state index is 13.1. The number of aryl methyl sites for hydroxylation is 2. The van der Waals surface area contributed by atoms with Crippen LogP contribution in [0.15, 0.2) is 54.6 Å². The van der Waals surface area contributed by atoms with Crippen molar-refractivity contribution in [3.63, 3.8) is 0 Å². The number of nitrogens with one attached hydrogen (secondary N) is 1. The van der Waals surface area contributed by atoms with Crippen LogP contribution in [0.1, 0.15) is 24.1 Å². The molecule has 1 aromatic heterocycles. The van der Waals surface area contributed by atoms with Gasteiger partial charge in [-0.2, -0.15) is 5.10 Å². The molecule has 6 heteroatoms.